The summed E-state index contributed by atoms with van der Waals surface area (Å²) >= 11 is 0. The first-order chi connectivity index (χ1) is 13.5. The highest BCUT2D eigenvalue weighted by molar-refractivity contribution is 5.94. The van der Waals surface area contributed by atoms with Gasteiger partial charge in [-0.2, -0.15) is 4.39 Å². The van der Waals surface area contributed by atoms with Crippen molar-refractivity contribution in [2.75, 3.05) is 7.11 Å². The molecule has 1 fully saturated rings. The predicted octanol–water partition coefficient (Wildman–Crippen LogP) is 4.42. The molecule has 0 radical (unpaired) electrons. The molecular weight excluding hydrogens is 357 g/mol. The lowest BCUT2D eigenvalue weighted by Gasteiger charge is -2.34. The number of pyridine rings is 2. The van der Waals surface area contributed by atoms with Crippen LogP contribution < -0.4 is 10.1 Å². The van der Waals surface area contributed by atoms with Crippen LogP contribution in [-0.2, 0) is 0 Å². The van der Waals surface area contributed by atoms with Gasteiger partial charge in [0.1, 0.15) is 0 Å². The van der Waals surface area contributed by atoms with Crippen LogP contribution in [0.15, 0.2) is 30.6 Å². The van der Waals surface area contributed by atoms with Gasteiger partial charge in [0.25, 0.3) is 5.91 Å². The minimum Gasteiger partial charge on any atom is -0.481 e. The van der Waals surface area contributed by atoms with E-state index in [9.17, 15) is 9.18 Å². The molecular formula is C22H28FN3O2. The summed E-state index contributed by atoms with van der Waals surface area (Å²) in [5.41, 5.74) is 2.28. The van der Waals surface area contributed by atoms with E-state index in [-0.39, 0.29) is 17.9 Å². The second-order valence-electron chi connectivity index (χ2n) is 7.51. The molecule has 2 heterocycles. The van der Waals surface area contributed by atoms with E-state index >= 15 is 0 Å². The number of rotatable bonds is 6. The molecule has 2 aromatic heterocycles. The molecule has 3 rings (SSSR count). The number of hydrogen-bond donors (Lipinski definition) is 1. The van der Waals surface area contributed by atoms with E-state index in [1.54, 1.807) is 31.6 Å². The Labute approximate surface area is 165 Å². The highest BCUT2D eigenvalue weighted by Gasteiger charge is 2.29. The molecule has 0 unspecified atom stereocenters. The van der Waals surface area contributed by atoms with Crippen molar-refractivity contribution < 1.29 is 13.9 Å². The van der Waals surface area contributed by atoms with Gasteiger partial charge in [-0.15, -0.1) is 0 Å². The number of amides is 1. The molecule has 0 aromatic carbocycles. The molecule has 1 saturated carbocycles. The van der Waals surface area contributed by atoms with Crippen LogP contribution in [0, 0.1) is 18.8 Å². The zero-order valence-corrected chi connectivity index (χ0v) is 16.7. The van der Waals surface area contributed by atoms with Crippen LogP contribution in [0.4, 0.5) is 4.39 Å². The number of halogens is 1. The second-order valence-corrected chi connectivity index (χ2v) is 7.51. The second kappa shape index (κ2) is 9.13. The zero-order chi connectivity index (χ0) is 20.1. The highest BCUT2D eigenvalue weighted by Crippen LogP contribution is 2.38. The van der Waals surface area contributed by atoms with Crippen molar-refractivity contribution in [1.82, 2.24) is 15.3 Å². The number of ether oxygens (including phenoxy) is 1. The molecule has 1 aliphatic carbocycles. The lowest BCUT2D eigenvalue weighted by atomic mass is 9.75. The fourth-order valence-electron chi connectivity index (χ4n) is 4.24. The van der Waals surface area contributed by atoms with Gasteiger partial charge in [0.05, 0.1) is 12.7 Å². The summed E-state index contributed by atoms with van der Waals surface area (Å²) in [7, 11) is 1.55. The van der Waals surface area contributed by atoms with Gasteiger partial charge in [-0.3, -0.25) is 4.79 Å². The van der Waals surface area contributed by atoms with Gasteiger partial charge in [0.15, 0.2) is 0 Å². The standard InChI is InChI=1S/C22H28FN3O2/c1-4-19(26-22(27)17-9-10-20(28-3)25-13-17)16-7-5-15(6-8-16)18-11-12-24-21(23)14(18)2/h9-13,15-16,19H,4-8H2,1-3H3,(H,26,27)/t15-,16-,19-/m1/s1. The Morgan fingerprint density at radius 2 is 2.00 bits per heavy atom. The van der Waals surface area contributed by atoms with Crippen molar-refractivity contribution >= 4 is 5.91 Å². The normalized spacial score (nSPS) is 20.4. The van der Waals surface area contributed by atoms with Gasteiger partial charge in [0, 0.05) is 30.1 Å². The molecule has 1 amide bonds. The average molecular weight is 385 g/mol. The number of nitrogens with zero attached hydrogens (tertiary/aromatic N) is 2. The number of carbonyl (C=O) groups excluding carboxylic acids is 1. The van der Waals surface area contributed by atoms with E-state index in [1.807, 2.05) is 13.0 Å². The van der Waals surface area contributed by atoms with Crippen molar-refractivity contribution in [2.24, 2.45) is 5.92 Å². The molecule has 0 spiro atoms. The first kappa shape index (κ1) is 20.2. The molecule has 28 heavy (non-hydrogen) atoms. The van der Waals surface area contributed by atoms with E-state index in [0.29, 0.717) is 28.8 Å². The molecule has 0 aliphatic heterocycles. The summed E-state index contributed by atoms with van der Waals surface area (Å²) < 4.78 is 18.8. The Morgan fingerprint density at radius 1 is 1.25 bits per heavy atom. The molecule has 1 aliphatic rings. The van der Waals surface area contributed by atoms with Crippen LogP contribution in [-0.4, -0.2) is 29.0 Å². The molecule has 1 N–H and O–H groups in total. The topological polar surface area (TPSA) is 64.1 Å². The number of nitrogens with one attached hydrogen (secondary N) is 1. The zero-order valence-electron chi connectivity index (χ0n) is 16.7. The van der Waals surface area contributed by atoms with E-state index < -0.39 is 0 Å². The summed E-state index contributed by atoms with van der Waals surface area (Å²) in [6, 6.07) is 5.49. The van der Waals surface area contributed by atoms with Crippen molar-refractivity contribution in [1.29, 1.82) is 0 Å². The maximum absolute atomic E-state index is 13.8. The minimum absolute atomic E-state index is 0.101. The number of carbonyl (C=O) groups is 1. The summed E-state index contributed by atoms with van der Waals surface area (Å²) in [6.45, 7) is 3.91. The fourth-order valence-corrected chi connectivity index (χ4v) is 4.24. The average Bonchev–Trinajstić information content (AvgIpc) is 2.74. The van der Waals surface area contributed by atoms with Crippen LogP contribution in [0.2, 0.25) is 0 Å². The van der Waals surface area contributed by atoms with Crippen LogP contribution >= 0.6 is 0 Å². The lowest BCUT2D eigenvalue weighted by Crippen LogP contribution is -2.41. The molecule has 0 saturated heterocycles. The molecule has 150 valence electrons. The summed E-state index contributed by atoms with van der Waals surface area (Å²) in [4.78, 5) is 20.4. The number of methoxy groups -OCH3 is 1. The van der Waals surface area contributed by atoms with Crippen molar-refractivity contribution in [3.63, 3.8) is 0 Å². The monoisotopic (exact) mass is 385 g/mol. The van der Waals surface area contributed by atoms with Gasteiger partial charge in [-0.25, -0.2) is 9.97 Å². The van der Waals surface area contributed by atoms with Gasteiger partial charge < -0.3 is 10.1 Å². The van der Waals surface area contributed by atoms with Gasteiger partial charge in [0.2, 0.25) is 11.8 Å². The van der Waals surface area contributed by atoms with Crippen LogP contribution in [0.3, 0.4) is 0 Å². The number of aromatic nitrogens is 2. The molecule has 5 nitrogen and oxygen atoms in total. The van der Waals surface area contributed by atoms with Gasteiger partial charge in [-0.1, -0.05) is 6.92 Å². The van der Waals surface area contributed by atoms with E-state index in [2.05, 4.69) is 22.2 Å². The Hall–Kier alpha value is -2.50. The van der Waals surface area contributed by atoms with Crippen molar-refractivity contribution in [3.05, 3.63) is 53.2 Å². The molecule has 1 atom stereocenters. The first-order valence-corrected chi connectivity index (χ1v) is 9.95. The van der Waals surface area contributed by atoms with Gasteiger partial charge >= 0.3 is 0 Å². The molecule has 6 heteroatoms. The van der Waals surface area contributed by atoms with Crippen LogP contribution in [0.1, 0.15) is 66.4 Å². The predicted molar refractivity (Wildman–Crippen MR) is 106 cm³/mol. The third-order valence-corrected chi connectivity index (χ3v) is 5.93. The van der Waals surface area contributed by atoms with E-state index in [4.69, 9.17) is 4.74 Å². The largest absolute Gasteiger partial charge is 0.481 e. The van der Waals surface area contributed by atoms with Crippen molar-refractivity contribution in [3.8, 4) is 5.88 Å². The maximum Gasteiger partial charge on any atom is 0.253 e. The number of hydrogen-bond acceptors (Lipinski definition) is 4. The summed E-state index contributed by atoms with van der Waals surface area (Å²) in [5.74, 6) is 0.823. The molecule has 0 bridgehead atoms. The quantitative estimate of drug-likeness (QED) is 0.748. The smallest absolute Gasteiger partial charge is 0.253 e. The summed E-state index contributed by atoms with van der Waals surface area (Å²) in [6.07, 6.45) is 8.03. The third kappa shape index (κ3) is 4.49. The van der Waals surface area contributed by atoms with E-state index in [1.165, 1.54) is 0 Å². The third-order valence-electron chi connectivity index (χ3n) is 5.93. The first-order valence-electron chi connectivity index (χ1n) is 9.95. The van der Waals surface area contributed by atoms with Crippen LogP contribution in [0.5, 0.6) is 5.88 Å². The molecule has 2 aromatic rings. The highest BCUT2D eigenvalue weighted by atomic mass is 19.1. The van der Waals surface area contributed by atoms with Crippen molar-refractivity contribution in [2.45, 2.75) is 57.9 Å². The van der Waals surface area contributed by atoms with Gasteiger partial charge in [-0.05, 0) is 68.6 Å². The lowest BCUT2D eigenvalue weighted by molar-refractivity contribution is 0.0909. The SMILES string of the molecule is CC[C@@H](NC(=O)c1ccc(OC)nc1)[C@H]1CC[C@H](c2ccnc(F)c2C)CC1. The maximum atomic E-state index is 13.8. The summed E-state index contributed by atoms with van der Waals surface area (Å²) in [5, 5.41) is 3.18. The Balaban J connectivity index is 1.60. The fraction of sp³-hybridized carbons (Fsp3) is 0.500. The Morgan fingerprint density at radius 3 is 2.61 bits per heavy atom. The van der Waals surface area contributed by atoms with Crippen LogP contribution in [0.25, 0.3) is 0 Å². The minimum atomic E-state index is -0.369. The Kier molecular flexibility index (Phi) is 6.60. The Bertz CT molecular complexity index is 802. The van der Waals surface area contributed by atoms with E-state index in [0.717, 1.165) is 37.7 Å².